The molecule has 4 rings (SSSR count). The quantitative estimate of drug-likeness (QED) is 0.321. The molecule has 0 heterocycles. The summed E-state index contributed by atoms with van der Waals surface area (Å²) >= 11 is 0. The highest BCUT2D eigenvalue weighted by Crippen LogP contribution is 2.67. The van der Waals surface area contributed by atoms with Gasteiger partial charge in [0.2, 0.25) is 0 Å². The highest BCUT2D eigenvalue weighted by Gasteiger charge is 2.59. The zero-order valence-electron chi connectivity index (χ0n) is 21.6. The Morgan fingerprint density at radius 3 is 2.33 bits per heavy atom. The maximum atomic E-state index is 6.90. The van der Waals surface area contributed by atoms with Crippen molar-refractivity contribution in [1.29, 1.82) is 0 Å². The lowest BCUT2D eigenvalue weighted by atomic mass is 9.47. The van der Waals surface area contributed by atoms with Gasteiger partial charge in [0.15, 0.2) is 8.32 Å². The van der Waals surface area contributed by atoms with Crippen molar-refractivity contribution in [3.8, 4) is 0 Å². The van der Waals surface area contributed by atoms with Crippen LogP contribution in [0.1, 0.15) is 99.8 Å². The summed E-state index contributed by atoms with van der Waals surface area (Å²) in [4.78, 5) is 0. The summed E-state index contributed by atoms with van der Waals surface area (Å²) in [6.45, 7) is 22.3. The molecule has 1 nitrogen and oxygen atoms in total. The molecule has 0 N–H and O–H groups in total. The monoisotopic (exact) mass is 430 g/mol. The molecule has 4 aliphatic rings. The van der Waals surface area contributed by atoms with Crippen LogP contribution in [0, 0.1) is 40.4 Å². The molecule has 0 radical (unpaired) electrons. The van der Waals surface area contributed by atoms with Gasteiger partial charge in [0.25, 0.3) is 0 Å². The van der Waals surface area contributed by atoms with Crippen molar-refractivity contribution in [2.24, 2.45) is 40.4 Å². The van der Waals surface area contributed by atoms with Crippen molar-refractivity contribution in [3.63, 3.8) is 0 Å². The second kappa shape index (κ2) is 7.47. The van der Waals surface area contributed by atoms with Crippen molar-refractivity contribution < 1.29 is 4.43 Å². The van der Waals surface area contributed by atoms with Crippen molar-refractivity contribution in [1.82, 2.24) is 0 Å². The summed E-state index contributed by atoms with van der Waals surface area (Å²) < 4.78 is 6.90. The van der Waals surface area contributed by atoms with Gasteiger partial charge >= 0.3 is 0 Å². The number of rotatable bonds is 3. The van der Waals surface area contributed by atoms with Crippen LogP contribution < -0.4 is 0 Å². The highest BCUT2D eigenvalue weighted by molar-refractivity contribution is 6.74. The molecule has 0 aliphatic heterocycles. The average Bonchev–Trinajstić information content (AvgIpc) is 2.98. The number of hydrogen-bond donors (Lipinski definition) is 0. The first-order chi connectivity index (χ1) is 13.8. The molecular weight excluding hydrogens is 380 g/mol. The largest absolute Gasteiger partial charge is 0.414 e. The minimum absolute atomic E-state index is 0.309. The summed E-state index contributed by atoms with van der Waals surface area (Å²) in [5, 5.41) is 0.309. The highest BCUT2D eigenvalue weighted by atomic mass is 28.4. The Bertz CT molecular complexity index is 685. The van der Waals surface area contributed by atoms with Gasteiger partial charge in [0.1, 0.15) is 0 Å². The van der Waals surface area contributed by atoms with E-state index in [2.05, 4.69) is 67.6 Å². The molecule has 0 unspecified atom stereocenters. The molecule has 0 aromatic heterocycles. The van der Waals surface area contributed by atoms with Gasteiger partial charge in [0.05, 0.1) is 0 Å². The van der Waals surface area contributed by atoms with Gasteiger partial charge in [-0.05, 0) is 110 Å². The van der Waals surface area contributed by atoms with Crippen LogP contribution >= 0.6 is 0 Å². The maximum absolute atomic E-state index is 6.90. The first-order valence-corrected chi connectivity index (χ1v) is 16.1. The van der Waals surface area contributed by atoms with Crippen LogP contribution in [0.2, 0.25) is 18.1 Å². The molecule has 0 spiro atoms. The van der Waals surface area contributed by atoms with E-state index in [0.717, 1.165) is 29.6 Å². The van der Waals surface area contributed by atoms with Crippen LogP contribution in [0.15, 0.2) is 11.6 Å². The third-order valence-electron chi connectivity index (χ3n) is 11.2. The van der Waals surface area contributed by atoms with E-state index in [-0.39, 0.29) is 0 Å². The van der Waals surface area contributed by atoms with Gasteiger partial charge in [-0.25, -0.2) is 0 Å². The molecule has 0 saturated heterocycles. The lowest BCUT2D eigenvalue weighted by Crippen LogP contribution is -2.52. The van der Waals surface area contributed by atoms with Crippen LogP contribution in [0.5, 0.6) is 0 Å². The van der Waals surface area contributed by atoms with Crippen LogP contribution in [0.3, 0.4) is 0 Å². The molecule has 0 amide bonds. The van der Waals surface area contributed by atoms with Crippen molar-refractivity contribution in [2.45, 2.75) is 124 Å². The van der Waals surface area contributed by atoms with E-state index in [1.807, 2.05) is 0 Å². The summed E-state index contributed by atoms with van der Waals surface area (Å²) in [5.74, 6) is 4.65. The molecule has 3 fully saturated rings. The molecule has 2 heteroatoms. The zero-order valence-corrected chi connectivity index (χ0v) is 22.6. The smallest absolute Gasteiger partial charge is 0.192 e. The van der Waals surface area contributed by atoms with E-state index in [9.17, 15) is 0 Å². The zero-order chi connectivity index (χ0) is 22.1. The van der Waals surface area contributed by atoms with Crippen molar-refractivity contribution in [3.05, 3.63) is 11.6 Å². The van der Waals surface area contributed by atoms with E-state index in [1.165, 1.54) is 51.4 Å². The lowest BCUT2D eigenvalue weighted by molar-refractivity contribution is -0.0548. The van der Waals surface area contributed by atoms with Gasteiger partial charge in [-0.2, -0.15) is 0 Å². The topological polar surface area (TPSA) is 9.23 Å². The molecule has 0 aromatic rings. The molecule has 30 heavy (non-hydrogen) atoms. The van der Waals surface area contributed by atoms with Gasteiger partial charge < -0.3 is 4.43 Å². The molecular formula is C28H50OSi. The fourth-order valence-corrected chi connectivity index (χ4v) is 9.85. The Morgan fingerprint density at radius 2 is 1.70 bits per heavy atom. The van der Waals surface area contributed by atoms with E-state index in [0.29, 0.717) is 22.0 Å². The van der Waals surface area contributed by atoms with Crippen LogP contribution in [0.25, 0.3) is 0 Å². The standard InChI is InChI=1S/C28H50OSi/c1-19(2)23-12-13-24-22-11-10-20-18-21(29-30(8,9)26(3,4)5)14-16-27(20,6)25(22)15-17-28(23,24)7/h10,19,21-25H,11-18H2,1-9H3/t21-,22-,23+,24-,25-,27-,28+/m0/s1. The normalized spacial score (nSPS) is 44.3. The molecule has 172 valence electrons. The van der Waals surface area contributed by atoms with Crippen molar-refractivity contribution in [2.75, 3.05) is 0 Å². The molecule has 4 aliphatic carbocycles. The lowest BCUT2D eigenvalue weighted by Gasteiger charge is -2.59. The van der Waals surface area contributed by atoms with E-state index in [4.69, 9.17) is 4.43 Å². The van der Waals surface area contributed by atoms with E-state index < -0.39 is 8.32 Å². The number of fused-ring (bicyclic) bond motifs is 5. The molecule has 7 atom stereocenters. The Hall–Kier alpha value is -0.0831. The minimum Gasteiger partial charge on any atom is -0.414 e. The van der Waals surface area contributed by atoms with E-state index >= 15 is 0 Å². The van der Waals surface area contributed by atoms with Crippen LogP contribution in [-0.2, 0) is 4.43 Å². The summed E-state index contributed by atoms with van der Waals surface area (Å²) in [5.41, 5.74) is 2.84. The minimum atomic E-state index is -1.68. The fourth-order valence-electron chi connectivity index (χ4n) is 8.46. The number of allylic oxidation sites excluding steroid dienone is 1. The summed E-state index contributed by atoms with van der Waals surface area (Å²) in [7, 11) is -1.68. The average molecular weight is 431 g/mol. The van der Waals surface area contributed by atoms with Crippen LogP contribution in [0.4, 0.5) is 0 Å². The predicted molar refractivity (Wildman–Crippen MR) is 132 cm³/mol. The molecule has 0 aromatic carbocycles. The van der Waals surface area contributed by atoms with Gasteiger partial charge in [0, 0.05) is 6.10 Å². The Labute approximate surface area is 188 Å². The molecule has 3 saturated carbocycles. The van der Waals surface area contributed by atoms with Gasteiger partial charge in [-0.15, -0.1) is 0 Å². The van der Waals surface area contributed by atoms with Gasteiger partial charge in [-0.3, -0.25) is 0 Å². The third-order valence-corrected chi connectivity index (χ3v) is 15.7. The van der Waals surface area contributed by atoms with E-state index in [1.54, 1.807) is 5.57 Å². The van der Waals surface area contributed by atoms with Crippen LogP contribution in [-0.4, -0.2) is 14.4 Å². The maximum Gasteiger partial charge on any atom is 0.192 e. The fraction of sp³-hybridized carbons (Fsp3) is 0.929. The predicted octanol–water partition coefficient (Wildman–Crippen LogP) is 8.61. The first kappa shape index (κ1) is 23.1. The van der Waals surface area contributed by atoms with Gasteiger partial charge in [-0.1, -0.05) is 60.1 Å². The SMILES string of the molecule is CC(C)[C@H]1CC[C@H]2[C@@H]3CC=C4C[C@@H](O[Si](C)(C)C(C)(C)C)CC[C@]4(C)[C@H]3CC[C@]12C. The second-order valence-corrected chi connectivity index (χ2v) is 18.7. The Balaban J connectivity index is 1.53. The van der Waals surface area contributed by atoms with Crippen molar-refractivity contribution >= 4 is 8.32 Å². The Morgan fingerprint density at radius 1 is 1.00 bits per heavy atom. The summed E-state index contributed by atoms with van der Waals surface area (Å²) in [6, 6.07) is 0. The molecule has 0 bridgehead atoms. The number of hydrogen-bond acceptors (Lipinski definition) is 1. The summed E-state index contributed by atoms with van der Waals surface area (Å²) in [6.07, 6.45) is 14.3. The Kier molecular flexibility index (Phi) is 5.75. The third kappa shape index (κ3) is 3.51. The first-order valence-electron chi connectivity index (χ1n) is 13.2. The second-order valence-electron chi connectivity index (χ2n) is 14.0.